The van der Waals surface area contributed by atoms with Crippen LogP contribution in [0.15, 0.2) is 30.3 Å². The van der Waals surface area contributed by atoms with E-state index >= 15 is 0 Å². The molecule has 1 aliphatic rings. The third kappa shape index (κ3) is 3.29. The van der Waals surface area contributed by atoms with Crippen molar-refractivity contribution in [3.8, 4) is 0 Å². The highest BCUT2D eigenvalue weighted by molar-refractivity contribution is 5.97. The van der Waals surface area contributed by atoms with E-state index in [1.54, 1.807) is 0 Å². The van der Waals surface area contributed by atoms with E-state index in [0.717, 1.165) is 25.2 Å². The van der Waals surface area contributed by atoms with E-state index in [2.05, 4.69) is 25.7 Å². The predicted molar refractivity (Wildman–Crippen MR) is 84.0 cm³/mol. The normalized spacial score (nSPS) is 19.9. The Labute approximate surface area is 123 Å². The van der Waals surface area contributed by atoms with Crippen LogP contribution in [0.25, 0.3) is 0 Å². The summed E-state index contributed by atoms with van der Waals surface area (Å²) in [6.07, 6.45) is 3.79. The zero-order valence-electron chi connectivity index (χ0n) is 13.1. The topological polar surface area (TPSA) is 20.3 Å². The maximum Gasteiger partial charge on any atom is 0.166 e. The first-order valence-electron chi connectivity index (χ1n) is 7.92. The van der Waals surface area contributed by atoms with Crippen LogP contribution >= 0.6 is 0 Å². The van der Waals surface area contributed by atoms with Crippen molar-refractivity contribution in [3.05, 3.63) is 35.9 Å². The average molecular weight is 273 g/mol. The molecule has 0 saturated carbocycles. The molecule has 1 saturated heterocycles. The van der Waals surface area contributed by atoms with Crippen LogP contribution in [0.2, 0.25) is 0 Å². The Morgan fingerprint density at radius 3 is 2.45 bits per heavy atom. The van der Waals surface area contributed by atoms with Crippen LogP contribution in [0.1, 0.15) is 50.4 Å². The van der Waals surface area contributed by atoms with E-state index < -0.39 is 0 Å². The number of ketones is 1. The molecule has 2 rings (SSSR count). The zero-order valence-corrected chi connectivity index (χ0v) is 13.1. The molecule has 0 amide bonds. The van der Waals surface area contributed by atoms with Gasteiger partial charge in [-0.1, -0.05) is 51.1 Å². The maximum atomic E-state index is 12.4. The fourth-order valence-corrected chi connectivity index (χ4v) is 3.37. The summed E-state index contributed by atoms with van der Waals surface area (Å²) in [5.41, 5.74) is 1.34. The second-order valence-electron chi connectivity index (χ2n) is 6.32. The maximum absolute atomic E-state index is 12.4. The Hall–Kier alpha value is -1.15. The quantitative estimate of drug-likeness (QED) is 0.730. The minimum absolute atomic E-state index is 0.0851. The summed E-state index contributed by atoms with van der Waals surface area (Å²) in [5, 5.41) is 0. The van der Waals surface area contributed by atoms with Crippen LogP contribution in [0.4, 0.5) is 0 Å². The van der Waals surface area contributed by atoms with Gasteiger partial charge in [-0.25, -0.2) is 0 Å². The predicted octanol–water partition coefficient (Wildman–Crippen LogP) is 4.02. The van der Waals surface area contributed by atoms with Crippen LogP contribution in [0, 0.1) is 11.3 Å². The zero-order chi connectivity index (χ0) is 14.6. The molecule has 0 N–H and O–H groups in total. The molecular weight excluding hydrogens is 246 g/mol. The number of hydrogen-bond donors (Lipinski definition) is 0. The van der Waals surface area contributed by atoms with Gasteiger partial charge in [-0.05, 0) is 31.2 Å². The highest BCUT2D eigenvalue weighted by atomic mass is 16.1. The molecule has 1 fully saturated rings. The van der Waals surface area contributed by atoms with Crippen molar-refractivity contribution in [2.75, 3.05) is 19.6 Å². The van der Waals surface area contributed by atoms with Gasteiger partial charge in [0.05, 0.1) is 0 Å². The molecule has 1 aliphatic heterocycles. The van der Waals surface area contributed by atoms with Gasteiger partial charge in [0.2, 0.25) is 0 Å². The van der Waals surface area contributed by atoms with Crippen LogP contribution in [0.3, 0.4) is 0 Å². The SMILES string of the molecule is CCC1(CC)CCN(CC(C)C(=O)c2ccccc2)C1. The van der Waals surface area contributed by atoms with Gasteiger partial charge in [0.1, 0.15) is 0 Å². The third-order valence-corrected chi connectivity index (χ3v) is 5.06. The summed E-state index contributed by atoms with van der Waals surface area (Å²) in [6.45, 7) is 9.86. The Balaban J connectivity index is 1.93. The summed E-state index contributed by atoms with van der Waals surface area (Å²) in [7, 11) is 0. The van der Waals surface area contributed by atoms with E-state index in [1.165, 1.54) is 19.3 Å². The summed E-state index contributed by atoms with van der Waals surface area (Å²) >= 11 is 0. The van der Waals surface area contributed by atoms with Gasteiger partial charge in [-0.15, -0.1) is 0 Å². The molecule has 0 bridgehead atoms. The van der Waals surface area contributed by atoms with Gasteiger partial charge in [0.25, 0.3) is 0 Å². The molecule has 1 heterocycles. The standard InChI is InChI=1S/C18H27NO/c1-4-18(5-2)11-12-19(14-18)13-15(3)17(20)16-9-7-6-8-10-16/h6-10,15H,4-5,11-14H2,1-3H3. The lowest BCUT2D eigenvalue weighted by molar-refractivity contribution is 0.0897. The number of nitrogens with zero attached hydrogens (tertiary/aromatic N) is 1. The second-order valence-corrected chi connectivity index (χ2v) is 6.32. The summed E-state index contributed by atoms with van der Waals surface area (Å²) < 4.78 is 0. The largest absolute Gasteiger partial charge is 0.302 e. The van der Waals surface area contributed by atoms with Gasteiger partial charge in [-0.3, -0.25) is 4.79 Å². The van der Waals surface area contributed by atoms with Crippen LogP contribution < -0.4 is 0 Å². The van der Waals surface area contributed by atoms with Crippen LogP contribution in [0.5, 0.6) is 0 Å². The third-order valence-electron chi connectivity index (χ3n) is 5.06. The molecule has 2 heteroatoms. The number of carbonyl (C=O) groups excluding carboxylic acids is 1. The Kier molecular flexibility index (Phi) is 4.98. The Morgan fingerprint density at radius 1 is 1.25 bits per heavy atom. The molecule has 1 aromatic carbocycles. The number of carbonyl (C=O) groups is 1. The Bertz CT molecular complexity index is 436. The molecule has 0 aliphatic carbocycles. The van der Waals surface area contributed by atoms with E-state index in [9.17, 15) is 4.79 Å². The van der Waals surface area contributed by atoms with E-state index in [1.807, 2.05) is 30.3 Å². The smallest absolute Gasteiger partial charge is 0.166 e. The second kappa shape index (κ2) is 6.53. The van der Waals surface area contributed by atoms with Crippen molar-refractivity contribution in [3.63, 3.8) is 0 Å². The van der Waals surface area contributed by atoms with Crippen molar-refractivity contribution in [2.24, 2.45) is 11.3 Å². The van der Waals surface area contributed by atoms with Crippen LogP contribution in [-0.4, -0.2) is 30.3 Å². The van der Waals surface area contributed by atoms with Gasteiger partial charge >= 0.3 is 0 Å². The molecule has 110 valence electrons. The molecule has 1 atom stereocenters. The monoisotopic (exact) mass is 273 g/mol. The van der Waals surface area contributed by atoms with Crippen LogP contribution in [-0.2, 0) is 0 Å². The van der Waals surface area contributed by atoms with Crippen molar-refractivity contribution in [1.29, 1.82) is 0 Å². The van der Waals surface area contributed by atoms with Crippen molar-refractivity contribution in [2.45, 2.75) is 40.0 Å². The fourth-order valence-electron chi connectivity index (χ4n) is 3.37. The van der Waals surface area contributed by atoms with Crippen molar-refractivity contribution >= 4 is 5.78 Å². The number of rotatable bonds is 6. The van der Waals surface area contributed by atoms with E-state index in [0.29, 0.717) is 5.41 Å². The summed E-state index contributed by atoms with van der Waals surface area (Å²) in [5.74, 6) is 0.359. The van der Waals surface area contributed by atoms with Gasteiger partial charge in [-0.2, -0.15) is 0 Å². The summed E-state index contributed by atoms with van der Waals surface area (Å²) in [6, 6.07) is 9.68. The minimum atomic E-state index is 0.0851. The van der Waals surface area contributed by atoms with Gasteiger partial charge in [0, 0.05) is 24.6 Å². The number of Topliss-reactive ketones (excluding diaryl/α,β-unsaturated/α-hetero) is 1. The first-order chi connectivity index (χ1) is 9.60. The molecule has 0 aromatic heterocycles. The molecular formula is C18H27NO. The average Bonchev–Trinajstić information content (AvgIpc) is 2.91. The summed E-state index contributed by atoms with van der Waals surface area (Å²) in [4.78, 5) is 14.9. The Morgan fingerprint density at radius 2 is 1.90 bits per heavy atom. The minimum Gasteiger partial charge on any atom is -0.302 e. The highest BCUT2D eigenvalue weighted by Gasteiger charge is 2.35. The molecule has 1 aromatic rings. The first kappa shape index (κ1) is 15.2. The van der Waals surface area contributed by atoms with Gasteiger partial charge in [0.15, 0.2) is 5.78 Å². The first-order valence-corrected chi connectivity index (χ1v) is 7.92. The lowest BCUT2D eigenvalue weighted by Gasteiger charge is -2.27. The van der Waals surface area contributed by atoms with Crippen molar-refractivity contribution < 1.29 is 4.79 Å². The molecule has 20 heavy (non-hydrogen) atoms. The molecule has 0 spiro atoms. The number of likely N-dealkylation sites (tertiary alicyclic amines) is 1. The lowest BCUT2D eigenvalue weighted by Crippen LogP contribution is -2.32. The highest BCUT2D eigenvalue weighted by Crippen LogP contribution is 2.37. The van der Waals surface area contributed by atoms with E-state index in [-0.39, 0.29) is 11.7 Å². The molecule has 0 radical (unpaired) electrons. The van der Waals surface area contributed by atoms with Crippen molar-refractivity contribution in [1.82, 2.24) is 4.90 Å². The molecule has 1 unspecified atom stereocenters. The molecule has 2 nitrogen and oxygen atoms in total. The van der Waals surface area contributed by atoms with E-state index in [4.69, 9.17) is 0 Å². The fraction of sp³-hybridized carbons (Fsp3) is 0.611. The number of hydrogen-bond acceptors (Lipinski definition) is 2. The lowest BCUT2D eigenvalue weighted by atomic mass is 9.82. The number of benzene rings is 1. The van der Waals surface area contributed by atoms with Gasteiger partial charge < -0.3 is 4.90 Å².